The molecule has 0 rings (SSSR count). The van der Waals surface area contributed by atoms with Crippen molar-refractivity contribution in [1.29, 1.82) is 0 Å². The van der Waals surface area contributed by atoms with E-state index in [1.807, 2.05) is 0 Å². The fourth-order valence-electron chi connectivity index (χ4n) is 1.65. The molecular formula is C14H31N. The Balaban J connectivity index is 3.35. The average Bonchev–Trinajstić information content (AvgIpc) is 2.07. The van der Waals surface area contributed by atoms with Crippen molar-refractivity contribution in [2.24, 2.45) is 11.3 Å². The summed E-state index contributed by atoms with van der Waals surface area (Å²) in [7, 11) is 0. The van der Waals surface area contributed by atoms with Crippen LogP contribution in [0.25, 0.3) is 0 Å². The molecule has 0 aliphatic heterocycles. The Morgan fingerprint density at radius 2 is 1.60 bits per heavy atom. The minimum absolute atomic E-state index is 0.489. The first-order valence-corrected chi connectivity index (χ1v) is 6.54. The van der Waals surface area contributed by atoms with Gasteiger partial charge in [0, 0.05) is 6.04 Å². The van der Waals surface area contributed by atoms with Gasteiger partial charge in [0.05, 0.1) is 0 Å². The Hall–Kier alpha value is -0.0400. The van der Waals surface area contributed by atoms with E-state index in [-0.39, 0.29) is 0 Å². The molecule has 0 aliphatic carbocycles. The molecule has 0 heterocycles. The second kappa shape index (κ2) is 7.27. The second-order valence-corrected chi connectivity index (χ2v) is 6.49. The third-order valence-corrected chi connectivity index (χ3v) is 2.77. The van der Waals surface area contributed by atoms with Crippen LogP contribution in [0.1, 0.15) is 67.2 Å². The van der Waals surface area contributed by atoms with Crippen molar-refractivity contribution in [3.63, 3.8) is 0 Å². The Morgan fingerprint density at radius 3 is 2.07 bits per heavy atom. The maximum absolute atomic E-state index is 3.61. The van der Waals surface area contributed by atoms with Crippen molar-refractivity contribution < 1.29 is 0 Å². The second-order valence-electron chi connectivity index (χ2n) is 6.49. The molecule has 0 aromatic rings. The number of hydrogen-bond donors (Lipinski definition) is 1. The van der Waals surface area contributed by atoms with Crippen molar-refractivity contribution in [3.05, 3.63) is 0 Å². The number of rotatable bonds is 7. The third kappa shape index (κ3) is 11.9. The van der Waals surface area contributed by atoms with E-state index in [1.165, 1.54) is 32.2 Å². The van der Waals surface area contributed by atoms with Crippen molar-refractivity contribution in [1.82, 2.24) is 5.32 Å². The third-order valence-electron chi connectivity index (χ3n) is 2.77. The van der Waals surface area contributed by atoms with Crippen LogP contribution in [0, 0.1) is 11.3 Å². The molecule has 92 valence electrons. The number of hydrogen-bond acceptors (Lipinski definition) is 1. The summed E-state index contributed by atoms with van der Waals surface area (Å²) in [5.41, 5.74) is 0.489. The minimum Gasteiger partial charge on any atom is -0.314 e. The first-order chi connectivity index (χ1) is 6.81. The van der Waals surface area contributed by atoms with Gasteiger partial charge in [-0.15, -0.1) is 0 Å². The summed E-state index contributed by atoms with van der Waals surface area (Å²) in [5, 5.41) is 3.61. The summed E-state index contributed by atoms with van der Waals surface area (Å²) in [6.45, 7) is 15.0. The smallest absolute Gasteiger partial charge is 0.00388 e. The van der Waals surface area contributed by atoms with Gasteiger partial charge in [0.1, 0.15) is 0 Å². The molecule has 0 radical (unpaired) electrons. The van der Waals surface area contributed by atoms with Gasteiger partial charge in [-0.25, -0.2) is 0 Å². The predicted molar refractivity (Wildman–Crippen MR) is 70.2 cm³/mol. The zero-order valence-corrected chi connectivity index (χ0v) is 11.7. The van der Waals surface area contributed by atoms with Crippen molar-refractivity contribution >= 4 is 0 Å². The molecule has 1 unspecified atom stereocenters. The van der Waals surface area contributed by atoms with Crippen LogP contribution in [0.3, 0.4) is 0 Å². The lowest BCUT2D eigenvalue weighted by Gasteiger charge is -2.19. The molecule has 0 fully saturated rings. The van der Waals surface area contributed by atoms with Gasteiger partial charge in [-0.3, -0.25) is 0 Å². The number of nitrogens with one attached hydrogen (secondary N) is 1. The average molecular weight is 213 g/mol. The van der Waals surface area contributed by atoms with Gasteiger partial charge in [0.25, 0.3) is 0 Å². The van der Waals surface area contributed by atoms with Crippen LogP contribution in [0.15, 0.2) is 0 Å². The molecule has 15 heavy (non-hydrogen) atoms. The van der Waals surface area contributed by atoms with Gasteiger partial charge >= 0.3 is 0 Å². The molecule has 0 amide bonds. The van der Waals surface area contributed by atoms with E-state index in [0.29, 0.717) is 11.5 Å². The lowest BCUT2D eigenvalue weighted by atomic mass is 9.90. The molecule has 0 aromatic heterocycles. The van der Waals surface area contributed by atoms with Gasteiger partial charge in [0.2, 0.25) is 0 Å². The Labute approximate surface area is 97.0 Å². The summed E-state index contributed by atoms with van der Waals surface area (Å²) in [5.74, 6) is 0.837. The zero-order chi connectivity index (χ0) is 11.9. The van der Waals surface area contributed by atoms with Crippen LogP contribution < -0.4 is 5.32 Å². The van der Waals surface area contributed by atoms with Crippen LogP contribution in [0.2, 0.25) is 0 Å². The highest BCUT2D eigenvalue weighted by molar-refractivity contribution is 4.65. The summed E-state index contributed by atoms with van der Waals surface area (Å²) in [6.07, 6.45) is 5.27. The van der Waals surface area contributed by atoms with Crippen LogP contribution >= 0.6 is 0 Å². The Morgan fingerprint density at radius 1 is 1.00 bits per heavy atom. The highest BCUT2D eigenvalue weighted by atomic mass is 14.9. The van der Waals surface area contributed by atoms with Gasteiger partial charge in [-0.1, -0.05) is 34.6 Å². The fraction of sp³-hybridized carbons (Fsp3) is 1.00. The van der Waals surface area contributed by atoms with Gasteiger partial charge in [-0.05, 0) is 50.5 Å². The van der Waals surface area contributed by atoms with Crippen LogP contribution in [-0.4, -0.2) is 12.6 Å². The molecule has 0 saturated carbocycles. The largest absolute Gasteiger partial charge is 0.314 e. The quantitative estimate of drug-likeness (QED) is 0.624. The normalized spacial score (nSPS) is 14.6. The fourth-order valence-corrected chi connectivity index (χ4v) is 1.65. The minimum atomic E-state index is 0.489. The molecule has 0 aromatic carbocycles. The van der Waals surface area contributed by atoms with E-state index in [4.69, 9.17) is 0 Å². The van der Waals surface area contributed by atoms with Crippen molar-refractivity contribution in [3.8, 4) is 0 Å². The zero-order valence-electron chi connectivity index (χ0n) is 11.7. The van der Waals surface area contributed by atoms with Crippen molar-refractivity contribution in [2.75, 3.05) is 6.54 Å². The molecule has 0 bridgehead atoms. The lowest BCUT2D eigenvalue weighted by molar-refractivity contribution is 0.352. The molecular weight excluding hydrogens is 182 g/mol. The maximum atomic E-state index is 3.61. The summed E-state index contributed by atoms with van der Waals surface area (Å²) in [6, 6.07) is 0.687. The first kappa shape index (κ1) is 15.0. The summed E-state index contributed by atoms with van der Waals surface area (Å²) >= 11 is 0. The van der Waals surface area contributed by atoms with Gasteiger partial charge in [0.15, 0.2) is 0 Å². The van der Waals surface area contributed by atoms with E-state index in [2.05, 4.69) is 46.9 Å². The summed E-state index contributed by atoms with van der Waals surface area (Å²) < 4.78 is 0. The molecule has 0 spiro atoms. The van der Waals surface area contributed by atoms with Crippen LogP contribution in [0.4, 0.5) is 0 Å². The molecule has 1 heteroatoms. The molecule has 1 N–H and O–H groups in total. The van der Waals surface area contributed by atoms with Gasteiger partial charge in [-0.2, -0.15) is 0 Å². The van der Waals surface area contributed by atoms with Crippen LogP contribution in [-0.2, 0) is 0 Å². The topological polar surface area (TPSA) is 12.0 Å². The Bertz CT molecular complexity index is 144. The molecule has 1 nitrogen and oxygen atoms in total. The molecule has 0 saturated heterocycles. The van der Waals surface area contributed by atoms with E-state index < -0.39 is 0 Å². The molecule has 1 atom stereocenters. The summed E-state index contributed by atoms with van der Waals surface area (Å²) in [4.78, 5) is 0. The first-order valence-electron chi connectivity index (χ1n) is 6.54. The van der Waals surface area contributed by atoms with Crippen molar-refractivity contribution in [2.45, 2.75) is 73.3 Å². The Kier molecular flexibility index (Phi) is 7.25. The molecule has 0 aliphatic rings. The standard InChI is InChI=1S/C14H31N/c1-12(2)8-9-13(3)15-11-7-10-14(4,5)6/h12-13,15H,7-11H2,1-6H3. The van der Waals surface area contributed by atoms with Crippen LogP contribution in [0.5, 0.6) is 0 Å². The van der Waals surface area contributed by atoms with E-state index in [9.17, 15) is 0 Å². The highest BCUT2D eigenvalue weighted by Gasteiger charge is 2.09. The van der Waals surface area contributed by atoms with E-state index >= 15 is 0 Å². The highest BCUT2D eigenvalue weighted by Crippen LogP contribution is 2.19. The monoisotopic (exact) mass is 213 g/mol. The SMILES string of the molecule is CC(C)CCC(C)NCCCC(C)(C)C. The van der Waals surface area contributed by atoms with E-state index in [0.717, 1.165) is 5.92 Å². The maximum Gasteiger partial charge on any atom is 0.00388 e. The predicted octanol–water partition coefficient (Wildman–Crippen LogP) is 4.23. The lowest BCUT2D eigenvalue weighted by Crippen LogP contribution is -2.27. The van der Waals surface area contributed by atoms with E-state index in [1.54, 1.807) is 0 Å². The van der Waals surface area contributed by atoms with Gasteiger partial charge < -0.3 is 5.32 Å².